The molecule has 10 heteroatoms. The van der Waals surface area contributed by atoms with Gasteiger partial charge in [0.25, 0.3) is 0 Å². The number of imidazole rings is 1. The number of aromatic nitrogens is 2. The van der Waals surface area contributed by atoms with Crippen molar-refractivity contribution >= 4 is 56.0 Å². The molecular formula is C18H19ClN4O3S2. The number of rotatable bonds is 6. The number of nitrogens with one attached hydrogen (secondary N) is 2. The smallest absolute Gasteiger partial charge is 0.244 e. The number of hydrogen-bond acceptors (Lipinski definition) is 5. The number of sulfonamides is 1. The van der Waals surface area contributed by atoms with Crippen LogP contribution < -0.4 is 5.32 Å². The molecular weight excluding hydrogens is 420 g/mol. The van der Waals surface area contributed by atoms with E-state index in [9.17, 15) is 13.2 Å². The number of fused-ring (bicyclic) bond motifs is 1. The Hall–Kier alpha value is -2.07. The summed E-state index contributed by atoms with van der Waals surface area (Å²) in [5, 5.41) is 3.01. The molecule has 0 radical (unpaired) electrons. The van der Waals surface area contributed by atoms with Crippen LogP contribution in [0, 0.1) is 0 Å². The third kappa shape index (κ3) is 4.33. The Bertz CT molecular complexity index is 1100. The maximum absolute atomic E-state index is 12.5. The predicted molar refractivity (Wildman–Crippen MR) is 112 cm³/mol. The van der Waals surface area contributed by atoms with Crippen LogP contribution in [0.2, 0.25) is 5.02 Å². The number of halogens is 1. The largest absolute Gasteiger partial charge is 0.333 e. The second-order valence-corrected chi connectivity index (χ2v) is 10.1. The summed E-state index contributed by atoms with van der Waals surface area (Å²) in [5.74, 6) is -0.277. The van der Waals surface area contributed by atoms with Gasteiger partial charge >= 0.3 is 0 Å². The van der Waals surface area contributed by atoms with Crippen molar-refractivity contribution in [3.63, 3.8) is 0 Å². The molecule has 1 heterocycles. The first-order chi connectivity index (χ1) is 13.2. The van der Waals surface area contributed by atoms with E-state index in [1.165, 1.54) is 38.0 Å². The highest BCUT2D eigenvalue weighted by atomic mass is 35.5. The van der Waals surface area contributed by atoms with Crippen molar-refractivity contribution in [2.45, 2.75) is 22.2 Å². The van der Waals surface area contributed by atoms with Gasteiger partial charge in [-0.1, -0.05) is 35.5 Å². The summed E-state index contributed by atoms with van der Waals surface area (Å²) >= 11 is 7.32. The standard InChI is InChI=1S/C18H19ClN4O3S2/c1-11(27-18-21-14-6-4-5-7-15(14)22-18)17(24)20-12-8-9-13(19)16(10-12)28(25,26)23(2)3/h4-11H,1-3H3,(H,20,24)(H,21,22)/t11-/m0/s1. The van der Waals surface area contributed by atoms with Crippen LogP contribution in [-0.4, -0.2) is 47.9 Å². The molecule has 7 nitrogen and oxygen atoms in total. The molecule has 0 aliphatic carbocycles. The highest BCUT2D eigenvalue weighted by Crippen LogP contribution is 2.28. The van der Waals surface area contributed by atoms with Crippen molar-refractivity contribution in [1.29, 1.82) is 0 Å². The number of carbonyl (C=O) groups excluding carboxylic acids is 1. The third-order valence-corrected chi connectivity index (χ3v) is 7.26. The molecule has 148 valence electrons. The van der Waals surface area contributed by atoms with E-state index in [1.54, 1.807) is 13.0 Å². The SMILES string of the molecule is C[C@H](Sc1nc2ccccc2[nH]1)C(=O)Nc1ccc(Cl)c(S(=O)(=O)N(C)C)c1. The molecule has 0 saturated heterocycles. The van der Waals surface area contributed by atoms with Crippen LogP contribution >= 0.6 is 23.4 Å². The zero-order chi connectivity index (χ0) is 20.5. The molecule has 1 amide bonds. The number of aromatic amines is 1. The van der Waals surface area contributed by atoms with Crippen molar-refractivity contribution in [3.05, 3.63) is 47.5 Å². The lowest BCUT2D eigenvalue weighted by molar-refractivity contribution is -0.115. The van der Waals surface area contributed by atoms with Gasteiger partial charge in [-0.15, -0.1) is 0 Å². The zero-order valence-electron chi connectivity index (χ0n) is 15.4. The molecule has 0 aliphatic heterocycles. The van der Waals surface area contributed by atoms with Gasteiger partial charge < -0.3 is 10.3 Å². The van der Waals surface area contributed by atoms with Gasteiger partial charge in [0, 0.05) is 19.8 Å². The summed E-state index contributed by atoms with van der Waals surface area (Å²) in [5.41, 5.74) is 2.08. The number of benzene rings is 2. The predicted octanol–water partition coefficient (Wildman–Crippen LogP) is 3.59. The Morgan fingerprint density at radius 2 is 1.96 bits per heavy atom. The fourth-order valence-corrected chi connectivity index (χ4v) is 4.64. The molecule has 0 unspecified atom stereocenters. The van der Waals surface area contributed by atoms with Crippen LogP contribution in [0.25, 0.3) is 11.0 Å². The Labute approximate surface area is 172 Å². The first-order valence-electron chi connectivity index (χ1n) is 8.33. The Balaban J connectivity index is 1.75. The van der Waals surface area contributed by atoms with Crippen LogP contribution in [0.5, 0.6) is 0 Å². The number of thioether (sulfide) groups is 1. The number of anilines is 1. The van der Waals surface area contributed by atoms with Crippen molar-refractivity contribution < 1.29 is 13.2 Å². The molecule has 1 atom stereocenters. The summed E-state index contributed by atoms with van der Waals surface area (Å²) in [6, 6.07) is 12.0. The van der Waals surface area contributed by atoms with Gasteiger partial charge in [0.1, 0.15) is 4.90 Å². The average molecular weight is 439 g/mol. The molecule has 3 aromatic rings. The Morgan fingerprint density at radius 3 is 2.64 bits per heavy atom. The topological polar surface area (TPSA) is 95.2 Å². The molecule has 0 fully saturated rings. The van der Waals surface area contributed by atoms with E-state index >= 15 is 0 Å². The van der Waals surface area contributed by atoms with E-state index in [4.69, 9.17) is 11.6 Å². The van der Waals surface area contributed by atoms with Gasteiger partial charge in [-0.05, 0) is 37.3 Å². The minimum absolute atomic E-state index is 0.0606. The van der Waals surface area contributed by atoms with Gasteiger partial charge in [-0.25, -0.2) is 17.7 Å². The lowest BCUT2D eigenvalue weighted by atomic mass is 10.3. The molecule has 1 aromatic heterocycles. The van der Waals surface area contributed by atoms with Crippen molar-refractivity contribution in [1.82, 2.24) is 14.3 Å². The maximum atomic E-state index is 12.5. The Kier molecular flexibility index (Phi) is 5.99. The molecule has 0 aliphatic rings. The number of para-hydroxylation sites is 2. The molecule has 0 saturated carbocycles. The van der Waals surface area contributed by atoms with Gasteiger partial charge in [-0.2, -0.15) is 0 Å². The summed E-state index contributed by atoms with van der Waals surface area (Å²) in [4.78, 5) is 20.1. The lowest BCUT2D eigenvalue weighted by Gasteiger charge is -2.15. The van der Waals surface area contributed by atoms with Crippen LogP contribution in [0.3, 0.4) is 0 Å². The zero-order valence-corrected chi connectivity index (χ0v) is 17.8. The summed E-state index contributed by atoms with van der Waals surface area (Å²) in [6.07, 6.45) is 0. The van der Waals surface area contributed by atoms with Crippen LogP contribution in [-0.2, 0) is 14.8 Å². The molecule has 3 rings (SSSR count). The fourth-order valence-electron chi connectivity index (χ4n) is 2.43. The second kappa shape index (κ2) is 8.12. The minimum Gasteiger partial charge on any atom is -0.333 e. The number of H-pyrrole nitrogens is 1. The van der Waals surface area contributed by atoms with Crippen LogP contribution in [0.1, 0.15) is 6.92 Å². The summed E-state index contributed by atoms with van der Waals surface area (Å²) in [7, 11) is -0.880. The van der Waals surface area contributed by atoms with Crippen molar-refractivity contribution in [2.75, 3.05) is 19.4 Å². The van der Waals surface area contributed by atoms with E-state index in [2.05, 4.69) is 15.3 Å². The number of carbonyl (C=O) groups is 1. The van der Waals surface area contributed by atoms with E-state index in [0.29, 0.717) is 10.8 Å². The van der Waals surface area contributed by atoms with Crippen LogP contribution in [0.4, 0.5) is 5.69 Å². The highest BCUT2D eigenvalue weighted by Gasteiger charge is 2.22. The van der Waals surface area contributed by atoms with E-state index < -0.39 is 15.3 Å². The third-order valence-electron chi connectivity index (χ3n) is 3.98. The highest BCUT2D eigenvalue weighted by molar-refractivity contribution is 8.00. The summed E-state index contributed by atoms with van der Waals surface area (Å²) < 4.78 is 25.8. The van der Waals surface area contributed by atoms with Gasteiger partial charge in [0.05, 0.1) is 21.3 Å². The molecule has 0 spiro atoms. The number of hydrogen-bond donors (Lipinski definition) is 2. The molecule has 2 aromatic carbocycles. The van der Waals surface area contributed by atoms with E-state index in [1.807, 2.05) is 24.3 Å². The van der Waals surface area contributed by atoms with Gasteiger partial charge in [-0.3, -0.25) is 4.79 Å². The monoisotopic (exact) mass is 438 g/mol. The normalized spacial score (nSPS) is 13.0. The molecule has 0 bridgehead atoms. The van der Waals surface area contributed by atoms with Crippen molar-refractivity contribution in [2.24, 2.45) is 0 Å². The minimum atomic E-state index is -3.72. The van der Waals surface area contributed by atoms with Crippen molar-refractivity contribution in [3.8, 4) is 0 Å². The average Bonchev–Trinajstić information content (AvgIpc) is 3.05. The number of nitrogens with zero attached hydrogens (tertiary/aromatic N) is 2. The van der Waals surface area contributed by atoms with Crippen LogP contribution in [0.15, 0.2) is 52.5 Å². The fraction of sp³-hybridized carbons (Fsp3) is 0.222. The molecule has 28 heavy (non-hydrogen) atoms. The maximum Gasteiger partial charge on any atom is 0.244 e. The van der Waals surface area contributed by atoms with Gasteiger partial charge in [0.15, 0.2) is 5.16 Å². The lowest BCUT2D eigenvalue weighted by Crippen LogP contribution is -2.24. The van der Waals surface area contributed by atoms with Gasteiger partial charge in [0.2, 0.25) is 15.9 Å². The second-order valence-electron chi connectivity index (χ2n) is 6.24. The Morgan fingerprint density at radius 1 is 1.25 bits per heavy atom. The first kappa shape index (κ1) is 20.7. The molecule has 2 N–H and O–H groups in total. The van der Waals surface area contributed by atoms with E-state index in [0.717, 1.165) is 15.3 Å². The quantitative estimate of drug-likeness (QED) is 0.573. The van der Waals surface area contributed by atoms with E-state index in [-0.39, 0.29) is 15.8 Å². The number of amides is 1. The first-order valence-corrected chi connectivity index (χ1v) is 11.0. The summed E-state index contributed by atoms with van der Waals surface area (Å²) in [6.45, 7) is 1.75.